The summed E-state index contributed by atoms with van der Waals surface area (Å²) in [6, 6.07) is 0.871. The predicted octanol–water partition coefficient (Wildman–Crippen LogP) is 1.35. The molecule has 2 unspecified atom stereocenters. The van der Waals surface area contributed by atoms with Crippen molar-refractivity contribution in [2.75, 3.05) is 13.2 Å². The van der Waals surface area contributed by atoms with Gasteiger partial charge in [0.05, 0.1) is 5.60 Å². The van der Waals surface area contributed by atoms with E-state index >= 15 is 0 Å². The molecular formula is C14H24N2O2. The molecule has 18 heavy (non-hydrogen) atoms. The molecule has 3 fully saturated rings. The van der Waals surface area contributed by atoms with Crippen LogP contribution in [0.1, 0.15) is 51.4 Å². The van der Waals surface area contributed by atoms with Gasteiger partial charge in [0.2, 0.25) is 5.91 Å². The fourth-order valence-electron chi connectivity index (χ4n) is 3.77. The molecule has 3 aliphatic rings. The average molecular weight is 252 g/mol. The first-order valence-electron chi connectivity index (χ1n) is 7.43. The van der Waals surface area contributed by atoms with Gasteiger partial charge in [-0.3, -0.25) is 4.79 Å². The molecule has 2 saturated heterocycles. The van der Waals surface area contributed by atoms with Crippen molar-refractivity contribution in [3.63, 3.8) is 0 Å². The van der Waals surface area contributed by atoms with Crippen LogP contribution in [0, 0.1) is 0 Å². The van der Waals surface area contributed by atoms with Gasteiger partial charge in [-0.15, -0.1) is 0 Å². The standard InChI is InChI=1S/C14H24N2O2/c17-13-8-12(10-15-13)16-11-4-7-18-14(9-11)5-2-1-3-6-14/h11-12,16H,1-10H2,(H,15,17). The lowest BCUT2D eigenvalue weighted by Gasteiger charge is -2.44. The van der Waals surface area contributed by atoms with Gasteiger partial charge in [0.15, 0.2) is 0 Å². The van der Waals surface area contributed by atoms with Crippen LogP contribution in [0.3, 0.4) is 0 Å². The molecule has 2 aliphatic heterocycles. The molecule has 0 bridgehead atoms. The van der Waals surface area contributed by atoms with E-state index in [0.29, 0.717) is 18.5 Å². The molecule has 4 nitrogen and oxygen atoms in total. The van der Waals surface area contributed by atoms with Crippen LogP contribution in [0.25, 0.3) is 0 Å². The summed E-state index contributed by atoms with van der Waals surface area (Å²) in [5.74, 6) is 0.187. The van der Waals surface area contributed by atoms with E-state index in [1.807, 2.05) is 0 Å². The van der Waals surface area contributed by atoms with E-state index in [4.69, 9.17) is 4.74 Å². The Morgan fingerprint density at radius 3 is 2.78 bits per heavy atom. The van der Waals surface area contributed by atoms with Gasteiger partial charge in [-0.1, -0.05) is 19.3 Å². The number of carbonyl (C=O) groups is 1. The van der Waals surface area contributed by atoms with Crippen LogP contribution in [0.2, 0.25) is 0 Å². The molecule has 1 saturated carbocycles. The average Bonchev–Trinajstić information content (AvgIpc) is 2.76. The van der Waals surface area contributed by atoms with E-state index in [1.165, 1.54) is 32.1 Å². The number of ether oxygens (including phenoxy) is 1. The van der Waals surface area contributed by atoms with Gasteiger partial charge < -0.3 is 15.4 Å². The van der Waals surface area contributed by atoms with Crippen molar-refractivity contribution in [3.05, 3.63) is 0 Å². The molecule has 0 radical (unpaired) electrons. The van der Waals surface area contributed by atoms with Crippen LogP contribution in [0.5, 0.6) is 0 Å². The monoisotopic (exact) mass is 252 g/mol. The number of amides is 1. The Hall–Kier alpha value is -0.610. The second-order valence-electron chi connectivity index (χ2n) is 6.15. The number of hydrogen-bond acceptors (Lipinski definition) is 3. The maximum absolute atomic E-state index is 11.2. The molecule has 2 N–H and O–H groups in total. The summed E-state index contributed by atoms with van der Waals surface area (Å²) in [7, 11) is 0. The Morgan fingerprint density at radius 1 is 1.22 bits per heavy atom. The third-order valence-corrected chi connectivity index (χ3v) is 4.71. The highest BCUT2D eigenvalue weighted by atomic mass is 16.5. The van der Waals surface area contributed by atoms with E-state index in [1.54, 1.807) is 0 Å². The Balaban J connectivity index is 1.55. The zero-order valence-corrected chi connectivity index (χ0v) is 11.0. The molecule has 1 amide bonds. The number of hydrogen-bond donors (Lipinski definition) is 2. The molecule has 0 aromatic rings. The number of rotatable bonds is 2. The Bertz CT molecular complexity index is 307. The maximum atomic E-state index is 11.2. The van der Waals surface area contributed by atoms with E-state index in [-0.39, 0.29) is 11.5 Å². The third-order valence-electron chi connectivity index (χ3n) is 4.71. The summed E-state index contributed by atoms with van der Waals surface area (Å²) in [4.78, 5) is 11.2. The van der Waals surface area contributed by atoms with Crippen LogP contribution in [-0.4, -0.2) is 36.7 Å². The number of nitrogens with one attached hydrogen (secondary N) is 2. The topological polar surface area (TPSA) is 50.4 Å². The predicted molar refractivity (Wildman–Crippen MR) is 69.3 cm³/mol. The van der Waals surface area contributed by atoms with Gasteiger partial charge in [0.1, 0.15) is 0 Å². The first kappa shape index (κ1) is 12.4. The molecule has 3 rings (SSSR count). The highest BCUT2D eigenvalue weighted by Crippen LogP contribution is 2.38. The van der Waals surface area contributed by atoms with Crippen LogP contribution < -0.4 is 10.6 Å². The normalized spacial score (nSPS) is 35.7. The zero-order chi connectivity index (χ0) is 12.4. The molecule has 102 valence electrons. The maximum Gasteiger partial charge on any atom is 0.221 e. The minimum atomic E-state index is 0.157. The summed E-state index contributed by atoms with van der Waals surface area (Å²) in [5, 5.41) is 6.55. The zero-order valence-electron chi connectivity index (χ0n) is 11.0. The van der Waals surface area contributed by atoms with E-state index in [9.17, 15) is 4.79 Å². The first-order chi connectivity index (χ1) is 8.76. The Labute approximate surface area is 109 Å². The smallest absolute Gasteiger partial charge is 0.221 e. The molecule has 0 aromatic carbocycles. The second-order valence-corrected chi connectivity index (χ2v) is 6.15. The summed E-state index contributed by atoms with van der Waals surface area (Å²) < 4.78 is 6.10. The van der Waals surface area contributed by atoms with Gasteiger partial charge >= 0.3 is 0 Å². The van der Waals surface area contributed by atoms with Crippen molar-refractivity contribution >= 4 is 5.91 Å². The lowest BCUT2D eigenvalue weighted by atomic mass is 9.78. The largest absolute Gasteiger partial charge is 0.375 e. The first-order valence-corrected chi connectivity index (χ1v) is 7.43. The lowest BCUT2D eigenvalue weighted by Crippen LogP contribution is -2.50. The summed E-state index contributed by atoms with van der Waals surface area (Å²) >= 11 is 0. The Morgan fingerprint density at radius 2 is 2.06 bits per heavy atom. The van der Waals surface area contributed by atoms with E-state index in [2.05, 4.69) is 10.6 Å². The molecule has 1 aliphatic carbocycles. The lowest BCUT2D eigenvalue weighted by molar-refractivity contribution is -0.119. The van der Waals surface area contributed by atoms with Crippen LogP contribution in [-0.2, 0) is 9.53 Å². The number of carbonyl (C=O) groups excluding carboxylic acids is 1. The van der Waals surface area contributed by atoms with E-state index < -0.39 is 0 Å². The van der Waals surface area contributed by atoms with Crippen LogP contribution in [0.4, 0.5) is 0 Å². The van der Waals surface area contributed by atoms with Gasteiger partial charge in [-0.2, -0.15) is 0 Å². The van der Waals surface area contributed by atoms with Gasteiger partial charge in [-0.25, -0.2) is 0 Å². The van der Waals surface area contributed by atoms with Crippen molar-refractivity contribution in [1.29, 1.82) is 0 Å². The molecule has 2 heterocycles. The quantitative estimate of drug-likeness (QED) is 0.780. The second kappa shape index (κ2) is 5.17. The van der Waals surface area contributed by atoms with Crippen molar-refractivity contribution in [3.8, 4) is 0 Å². The van der Waals surface area contributed by atoms with Crippen LogP contribution >= 0.6 is 0 Å². The highest BCUT2D eigenvalue weighted by Gasteiger charge is 2.39. The van der Waals surface area contributed by atoms with Crippen LogP contribution in [0.15, 0.2) is 0 Å². The summed E-state index contributed by atoms with van der Waals surface area (Å²) in [6.07, 6.45) is 9.32. The third kappa shape index (κ3) is 2.69. The van der Waals surface area contributed by atoms with Gasteiger partial charge in [0.25, 0.3) is 0 Å². The SMILES string of the molecule is O=C1CC(NC2CCOC3(CCCCC3)C2)CN1. The molecule has 0 aromatic heterocycles. The molecule has 4 heteroatoms. The van der Waals surface area contributed by atoms with Gasteiger partial charge in [0, 0.05) is 31.7 Å². The molecular weight excluding hydrogens is 228 g/mol. The summed E-state index contributed by atoms with van der Waals surface area (Å²) in [5.41, 5.74) is 0.157. The van der Waals surface area contributed by atoms with Crippen molar-refractivity contribution < 1.29 is 9.53 Å². The molecule has 2 atom stereocenters. The fraction of sp³-hybridized carbons (Fsp3) is 0.929. The summed E-state index contributed by atoms with van der Waals surface area (Å²) in [6.45, 7) is 1.68. The van der Waals surface area contributed by atoms with Crippen molar-refractivity contribution in [2.45, 2.75) is 69.1 Å². The highest BCUT2D eigenvalue weighted by molar-refractivity contribution is 5.78. The van der Waals surface area contributed by atoms with E-state index in [0.717, 1.165) is 26.0 Å². The van der Waals surface area contributed by atoms with Crippen molar-refractivity contribution in [2.24, 2.45) is 0 Å². The minimum Gasteiger partial charge on any atom is -0.375 e. The Kier molecular flexibility index (Phi) is 3.57. The minimum absolute atomic E-state index is 0.157. The fourth-order valence-corrected chi connectivity index (χ4v) is 3.77. The van der Waals surface area contributed by atoms with Gasteiger partial charge in [-0.05, 0) is 25.7 Å². The van der Waals surface area contributed by atoms with Crippen molar-refractivity contribution in [1.82, 2.24) is 10.6 Å². The molecule has 1 spiro atoms.